The van der Waals surface area contributed by atoms with E-state index in [0.29, 0.717) is 0 Å². The zero-order valence-corrected chi connectivity index (χ0v) is 8.91. The Morgan fingerprint density at radius 2 is 2.31 bits per heavy atom. The summed E-state index contributed by atoms with van der Waals surface area (Å²) in [4.78, 5) is 0. The lowest BCUT2D eigenvalue weighted by Crippen LogP contribution is -2.61. The highest BCUT2D eigenvalue weighted by Crippen LogP contribution is 2.25. The molecule has 1 fully saturated rings. The molecule has 0 aliphatic carbocycles. The smallest absolute Gasteiger partial charge is 0.0966 e. The number of methoxy groups -OCH3 is 1. The molecule has 0 saturated carbocycles. The zero-order chi connectivity index (χ0) is 9.31. The highest BCUT2D eigenvalue weighted by Gasteiger charge is 2.37. The molecular weight excluding hydrogens is 182 g/mol. The van der Waals surface area contributed by atoms with Gasteiger partial charge in [0, 0.05) is 26.6 Å². The SMILES string of the molecule is COC1(Cc2cscc2C)CNC1. The Morgan fingerprint density at radius 1 is 1.54 bits per heavy atom. The zero-order valence-electron chi connectivity index (χ0n) is 8.09. The fraction of sp³-hybridized carbons (Fsp3) is 0.600. The summed E-state index contributed by atoms with van der Waals surface area (Å²) >= 11 is 1.78. The predicted octanol–water partition coefficient (Wildman–Crippen LogP) is 1.59. The third-order valence-corrected chi connectivity index (χ3v) is 3.71. The molecule has 13 heavy (non-hydrogen) atoms. The van der Waals surface area contributed by atoms with Crippen molar-refractivity contribution in [2.45, 2.75) is 18.9 Å². The van der Waals surface area contributed by atoms with Crippen LogP contribution >= 0.6 is 11.3 Å². The molecule has 1 aromatic rings. The van der Waals surface area contributed by atoms with E-state index in [2.05, 4.69) is 23.0 Å². The molecule has 72 valence electrons. The number of rotatable bonds is 3. The van der Waals surface area contributed by atoms with Gasteiger partial charge in [-0.2, -0.15) is 11.3 Å². The van der Waals surface area contributed by atoms with Gasteiger partial charge in [-0.15, -0.1) is 0 Å². The number of nitrogens with one attached hydrogen (secondary N) is 1. The Labute approximate surface area is 82.9 Å². The second kappa shape index (κ2) is 3.40. The van der Waals surface area contributed by atoms with Gasteiger partial charge in [0.05, 0.1) is 5.60 Å². The highest BCUT2D eigenvalue weighted by molar-refractivity contribution is 7.08. The molecule has 3 heteroatoms. The summed E-state index contributed by atoms with van der Waals surface area (Å²) in [6, 6.07) is 0. The van der Waals surface area contributed by atoms with E-state index >= 15 is 0 Å². The molecule has 2 nitrogen and oxygen atoms in total. The van der Waals surface area contributed by atoms with Crippen molar-refractivity contribution in [1.29, 1.82) is 0 Å². The largest absolute Gasteiger partial charge is 0.375 e. The van der Waals surface area contributed by atoms with E-state index in [9.17, 15) is 0 Å². The molecule has 0 radical (unpaired) electrons. The molecule has 0 unspecified atom stereocenters. The normalized spacial score (nSPS) is 19.8. The van der Waals surface area contributed by atoms with Crippen LogP contribution in [0.5, 0.6) is 0 Å². The van der Waals surface area contributed by atoms with Gasteiger partial charge in [0.2, 0.25) is 0 Å². The molecule has 0 bridgehead atoms. The maximum absolute atomic E-state index is 5.54. The fourth-order valence-electron chi connectivity index (χ4n) is 1.66. The summed E-state index contributed by atoms with van der Waals surface area (Å²) in [6.07, 6.45) is 1.05. The Balaban J connectivity index is 2.08. The number of thiophene rings is 1. The van der Waals surface area contributed by atoms with E-state index in [4.69, 9.17) is 4.74 Å². The molecule has 1 aliphatic rings. The topological polar surface area (TPSA) is 21.3 Å². The quantitative estimate of drug-likeness (QED) is 0.794. The first-order valence-electron chi connectivity index (χ1n) is 4.53. The van der Waals surface area contributed by atoms with Crippen LogP contribution in [-0.4, -0.2) is 25.8 Å². The summed E-state index contributed by atoms with van der Waals surface area (Å²) in [5.74, 6) is 0. The molecule has 1 N–H and O–H groups in total. The van der Waals surface area contributed by atoms with Crippen molar-refractivity contribution < 1.29 is 4.74 Å². The first-order valence-corrected chi connectivity index (χ1v) is 5.48. The monoisotopic (exact) mass is 197 g/mol. The van der Waals surface area contributed by atoms with Gasteiger partial charge in [-0.05, 0) is 28.8 Å². The predicted molar refractivity (Wildman–Crippen MR) is 55.4 cm³/mol. The Kier molecular flexibility index (Phi) is 2.41. The van der Waals surface area contributed by atoms with Gasteiger partial charge >= 0.3 is 0 Å². The van der Waals surface area contributed by atoms with Crippen molar-refractivity contribution in [3.8, 4) is 0 Å². The van der Waals surface area contributed by atoms with Crippen LogP contribution in [0, 0.1) is 6.92 Å². The van der Waals surface area contributed by atoms with Gasteiger partial charge in [-0.1, -0.05) is 0 Å². The lowest BCUT2D eigenvalue weighted by molar-refractivity contribution is -0.0502. The second-order valence-corrected chi connectivity index (χ2v) is 4.49. The van der Waals surface area contributed by atoms with Gasteiger partial charge in [0.1, 0.15) is 0 Å². The third-order valence-electron chi connectivity index (χ3n) is 2.80. The molecule has 0 spiro atoms. The fourth-order valence-corrected chi connectivity index (χ4v) is 2.52. The minimum absolute atomic E-state index is 0.0752. The summed E-state index contributed by atoms with van der Waals surface area (Å²) in [5.41, 5.74) is 2.91. The summed E-state index contributed by atoms with van der Waals surface area (Å²) in [6.45, 7) is 4.14. The number of hydrogen-bond acceptors (Lipinski definition) is 3. The molecule has 2 rings (SSSR count). The average Bonchev–Trinajstić information content (AvgIpc) is 2.44. The molecular formula is C10H15NOS. The van der Waals surface area contributed by atoms with Crippen LogP contribution in [0.4, 0.5) is 0 Å². The minimum Gasteiger partial charge on any atom is -0.375 e. The van der Waals surface area contributed by atoms with Crippen molar-refractivity contribution in [3.05, 3.63) is 21.9 Å². The van der Waals surface area contributed by atoms with Crippen molar-refractivity contribution >= 4 is 11.3 Å². The number of ether oxygens (including phenoxy) is 1. The number of hydrogen-bond donors (Lipinski definition) is 1. The maximum Gasteiger partial charge on any atom is 0.0966 e. The van der Waals surface area contributed by atoms with Crippen molar-refractivity contribution in [2.24, 2.45) is 0 Å². The Bertz CT molecular complexity index is 285. The highest BCUT2D eigenvalue weighted by atomic mass is 32.1. The van der Waals surface area contributed by atoms with Crippen LogP contribution in [0.2, 0.25) is 0 Å². The molecule has 0 aromatic carbocycles. The lowest BCUT2D eigenvalue weighted by atomic mass is 9.89. The van der Waals surface area contributed by atoms with Gasteiger partial charge in [0.25, 0.3) is 0 Å². The van der Waals surface area contributed by atoms with E-state index in [0.717, 1.165) is 19.5 Å². The summed E-state index contributed by atoms with van der Waals surface area (Å²) in [5, 5.41) is 7.69. The van der Waals surface area contributed by atoms with Crippen molar-refractivity contribution in [1.82, 2.24) is 5.32 Å². The van der Waals surface area contributed by atoms with Gasteiger partial charge in [-0.3, -0.25) is 0 Å². The molecule has 2 heterocycles. The molecule has 1 aromatic heterocycles. The molecule has 0 atom stereocenters. The van der Waals surface area contributed by atoms with Crippen molar-refractivity contribution in [2.75, 3.05) is 20.2 Å². The van der Waals surface area contributed by atoms with Gasteiger partial charge in [0.15, 0.2) is 0 Å². The van der Waals surface area contributed by atoms with Crippen LogP contribution in [-0.2, 0) is 11.2 Å². The van der Waals surface area contributed by atoms with Gasteiger partial charge in [-0.25, -0.2) is 0 Å². The minimum atomic E-state index is 0.0752. The van der Waals surface area contributed by atoms with E-state index in [-0.39, 0.29) is 5.60 Å². The Hall–Kier alpha value is -0.380. The van der Waals surface area contributed by atoms with E-state index in [1.165, 1.54) is 11.1 Å². The Morgan fingerprint density at radius 3 is 2.69 bits per heavy atom. The lowest BCUT2D eigenvalue weighted by Gasteiger charge is -2.41. The first-order chi connectivity index (χ1) is 6.26. The van der Waals surface area contributed by atoms with Crippen LogP contribution in [0.25, 0.3) is 0 Å². The molecule has 1 aliphatic heterocycles. The van der Waals surface area contributed by atoms with E-state index in [1.807, 2.05) is 7.11 Å². The van der Waals surface area contributed by atoms with Crippen LogP contribution in [0.15, 0.2) is 10.8 Å². The summed E-state index contributed by atoms with van der Waals surface area (Å²) < 4.78 is 5.54. The molecule has 1 saturated heterocycles. The van der Waals surface area contributed by atoms with E-state index in [1.54, 1.807) is 11.3 Å². The number of aryl methyl sites for hydroxylation is 1. The maximum atomic E-state index is 5.54. The van der Waals surface area contributed by atoms with Crippen LogP contribution in [0.1, 0.15) is 11.1 Å². The second-order valence-electron chi connectivity index (χ2n) is 3.75. The summed E-state index contributed by atoms with van der Waals surface area (Å²) in [7, 11) is 1.81. The third kappa shape index (κ3) is 1.64. The van der Waals surface area contributed by atoms with Crippen LogP contribution < -0.4 is 5.32 Å². The van der Waals surface area contributed by atoms with E-state index < -0.39 is 0 Å². The van der Waals surface area contributed by atoms with Crippen molar-refractivity contribution in [3.63, 3.8) is 0 Å². The molecule has 0 amide bonds. The van der Waals surface area contributed by atoms with Gasteiger partial charge < -0.3 is 10.1 Å². The first kappa shape index (κ1) is 9.19. The van der Waals surface area contributed by atoms with Crippen LogP contribution in [0.3, 0.4) is 0 Å². The standard InChI is InChI=1S/C10H15NOS/c1-8-4-13-5-9(8)3-10(12-2)6-11-7-10/h4-5,11H,3,6-7H2,1-2H3. The average molecular weight is 197 g/mol.